The van der Waals surface area contributed by atoms with E-state index in [0.29, 0.717) is 5.56 Å². The molecule has 0 radical (unpaired) electrons. The van der Waals surface area contributed by atoms with Crippen LogP contribution in [0.4, 0.5) is 4.39 Å². The molecule has 0 fully saturated rings. The van der Waals surface area contributed by atoms with Crippen LogP contribution in [-0.4, -0.2) is 5.16 Å². The Hall–Kier alpha value is -0.770. The summed E-state index contributed by atoms with van der Waals surface area (Å²) in [6.45, 7) is 0. The minimum atomic E-state index is -0.496. The molecule has 0 spiro atoms. The van der Waals surface area contributed by atoms with E-state index in [-0.39, 0.29) is 27.4 Å². The molecule has 0 bridgehead atoms. The summed E-state index contributed by atoms with van der Waals surface area (Å²) in [6.07, 6.45) is 0. The van der Waals surface area contributed by atoms with Gasteiger partial charge in [-0.15, -0.1) is 11.6 Å². The lowest BCUT2D eigenvalue weighted by Gasteiger charge is -2.03. The van der Waals surface area contributed by atoms with Crippen LogP contribution in [0.2, 0.25) is 10.2 Å². The second-order valence-corrected chi connectivity index (χ2v) is 4.03. The van der Waals surface area contributed by atoms with Gasteiger partial charge in [0.1, 0.15) is 11.5 Å². The average Bonchev–Trinajstić information content (AvgIpc) is 2.59. The summed E-state index contributed by atoms with van der Waals surface area (Å²) in [7, 11) is 0. The number of alkyl halides is 1. The lowest BCUT2D eigenvalue weighted by Crippen LogP contribution is -1.89. The first kappa shape index (κ1) is 11.7. The quantitative estimate of drug-likeness (QED) is 0.756. The normalized spacial score (nSPS) is 10.8. The third-order valence-corrected chi connectivity index (χ3v) is 2.95. The summed E-state index contributed by atoms with van der Waals surface area (Å²) < 4.78 is 18.4. The minimum absolute atomic E-state index is 0.0457. The molecular weight excluding hydrogens is 275 g/mol. The molecule has 2 aromatic rings. The zero-order valence-corrected chi connectivity index (χ0v) is 10.1. The van der Waals surface area contributed by atoms with Crippen molar-refractivity contribution in [3.8, 4) is 11.3 Å². The van der Waals surface area contributed by atoms with E-state index in [2.05, 4.69) is 5.16 Å². The summed E-state index contributed by atoms with van der Waals surface area (Å²) in [6, 6.07) is 4.34. The molecule has 0 aliphatic rings. The van der Waals surface area contributed by atoms with Crippen LogP contribution in [0, 0.1) is 5.82 Å². The van der Waals surface area contributed by atoms with Gasteiger partial charge in [0.25, 0.3) is 0 Å². The van der Waals surface area contributed by atoms with Gasteiger partial charge in [-0.3, -0.25) is 0 Å². The van der Waals surface area contributed by atoms with E-state index < -0.39 is 5.82 Å². The fourth-order valence-electron chi connectivity index (χ4n) is 1.33. The van der Waals surface area contributed by atoms with Crippen LogP contribution >= 0.6 is 34.8 Å². The van der Waals surface area contributed by atoms with Gasteiger partial charge in [-0.05, 0) is 23.7 Å². The maximum absolute atomic E-state index is 13.6. The standard InChI is InChI=1S/C10H5Cl3FNO/c11-4-5-9(15-16-10(5)13)8-6(12)2-1-3-7(8)14/h1-3H,4H2. The van der Waals surface area contributed by atoms with E-state index in [9.17, 15) is 4.39 Å². The highest BCUT2D eigenvalue weighted by Gasteiger charge is 2.20. The molecule has 0 N–H and O–H groups in total. The van der Waals surface area contributed by atoms with Gasteiger partial charge in [0, 0.05) is 0 Å². The highest BCUT2D eigenvalue weighted by Crippen LogP contribution is 2.35. The van der Waals surface area contributed by atoms with Crippen molar-refractivity contribution in [3.63, 3.8) is 0 Å². The molecule has 0 amide bonds. The highest BCUT2D eigenvalue weighted by atomic mass is 35.5. The Balaban J connectivity index is 2.67. The van der Waals surface area contributed by atoms with Gasteiger partial charge in [0.15, 0.2) is 0 Å². The van der Waals surface area contributed by atoms with Crippen molar-refractivity contribution in [2.75, 3.05) is 0 Å². The first-order valence-electron chi connectivity index (χ1n) is 4.29. The van der Waals surface area contributed by atoms with Crippen LogP contribution in [0.1, 0.15) is 5.56 Å². The third-order valence-electron chi connectivity index (χ3n) is 2.07. The van der Waals surface area contributed by atoms with Crippen LogP contribution in [0.3, 0.4) is 0 Å². The Morgan fingerprint density at radius 3 is 2.69 bits per heavy atom. The zero-order chi connectivity index (χ0) is 11.7. The van der Waals surface area contributed by atoms with Gasteiger partial charge in [0.05, 0.1) is 22.0 Å². The maximum Gasteiger partial charge on any atom is 0.231 e. The fraction of sp³-hybridized carbons (Fsp3) is 0.100. The summed E-state index contributed by atoms with van der Waals surface area (Å²) in [4.78, 5) is 0. The molecule has 0 saturated carbocycles. The van der Waals surface area contributed by atoms with E-state index in [1.807, 2.05) is 0 Å². The van der Waals surface area contributed by atoms with Gasteiger partial charge in [0.2, 0.25) is 5.22 Å². The van der Waals surface area contributed by atoms with Crippen molar-refractivity contribution in [2.24, 2.45) is 0 Å². The number of benzene rings is 1. The second kappa shape index (κ2) is 4.62. The van der Waals surface area contributed by atoms with Gasteiger partial charge in [-0.2, -0.15) is 0 Å². The van der Waals surface area contributed by atoms with Crippen molar-refractivity contribution in [3.05, 3.63) is 39.8 Å². The molecule has 1 aromatic heterocycles. The summed E-state index contributed by atoms with van der Waals surface area (Å²) in [5, 5.41) is 3.94. The molecule has 2 rings (SSSR count). The van der Waals surface area contributed by atoms with Gasteiger partial charge < -0.3 is 4.52 Å². The zero-order valence-electron chi connectivity index (χ0n) is 7.81. The smallest absolute Gasteiger partial charge is 0.231 e. The van der Waals surface area contributed by atoms with Crippen LogP contribution < -0.4 is 0 Å². The number of nitrogens with zero attached hydrogens (tertiary/aromatic N) is 1. The number of aromatic nitrogens is 1. The minimum Gasteiger partial charge on any atom is -0.343 e. The number of hydrogen-bond donors (Lipinski definition) is 0. The largest absolute Gasteiger partial charge is 0.343 e. The Labute approximate surface area is 106 Å². The van der Waals surface area contributed by atoms with E-state index in [1.54, 1.807) is 6.07 Å². The van der Waals surface area contributed by atoms with E-state index in [1.165, 1.54) is 12.1 Å². The Kier molecular flexibility index (Phi) is 3.38. The third kappa shape index (κ3) is 1.90. The molecule has 16 heavy (non-hydrogen) atoms. The Morgan fingerprint density at radius 2 is 2.06 bits per heavy atom. The predicted molar refractivity (Wildman–Crippen MR) is 61.5 cm³/mol. The molecule has 0 aliphatic heterocycles. The second-order valence-electron chi connectivity index (χ2n) is 3.01. The molecule has 2 nitrogen and oxygen atoms in total. The fourth-order valence-corrected chi connectivity index (χ4v) is 2.09. The molecule has 1 heterocycles. The number of hydrogen-bond acceptors (Lipinski definition) is 2. The van der Waals surface area contributed by atoms with Crippen LogP contribution in [0.15, 0.2) is 22.7 Å². The highest BCUT2D eigenvalue weighted by molar-refractivity contribution is 6.34. The maximum atomic E-state index is 13.6. The molecule has 0 saturated heterocycles. The van der Waals surface area contributed by atoms with Gasteiger partial charge in [-0.25, -0.2) is 4.39 Å². The number of halogens is 4. The van der Waals surface area contributed by atoms with E-state index in [0.717, 1.165) is 0 Å². The monoisotopic (exact) mass is 279 g/mol. The van der Waals surface area contributed by atoms with E-state index in [4.69, 9.17) is 39.3 Å². The van der Waals surface area contributed by atoms with Crippen LogP contribution in [0.25, 0.3) is 11.3 Å². The topological polar surface area (TPSA) is 26.0 Å². The molecule has 1 aromatic carbocycles. The summed E-state index contributed by atoms with van der Waals surface area (Å²) >= 11 is 17.3. The van der Waals surface area contributed by atoms with Crippen molar-refractivity contribution >= 4 is 34.8 Å². The summed E-state index contributed by atoms with van der Waals surface area (Å²) in [5.41, 5.74) is 0.814. The van der Waals surface area contributed by atoms with Crippen molar-refractivity contribution < 1.29 is 8.91 Å². The predicted octanol–water partition coefficient (Wildman–Crippen LogP) is 4.53. The van der Waals surface area contributed by atoms with Crippen molar-refractivity contribution in [2.45, 2.75) is 5.88 Å². The van der Waals surface area contributed by atoms with Gasteiger partial charge >= 0.3 is 0 Å². The molecular formula is C10H5Cl3FNO. The van der Waals surface area contributed by atoms with Crippen LogP contribution in [-0.2, 0) is 5.88 Å². The molecule has 6 heteroatoms. The summed E-state index contributed by atoms with van der Waals surface area (Å²) in [5.74, 6) is -0.425. The first-order chi connectivity index (χ1) is 7.65. The molecule has 0 atom stereocenters. The SMILES string of the molecule is Fc1cccc(Cl)c1-c1noc(Cl)c1CCl. The lowest BCUT2D eigenvalue weighted by molar-refractivity contribution is 0.423. The van der Waals surface area contributed by atoms with E-state index >= 15 is 0 Å². The lowest BCUT2D eigenvalue weighted by atomic mass is 10.1. The Bertz CT molecular complexity index is 507. The van der Waals surface area contributed by atoms with Crippen LogP contribution in [0.5, 0.6) is 0 Å². The first-order valence-corrected chi connectivity index (χ1v) is 5.58. The molecule has 84 valence electrons. The van der Waals surface area contributed by atoms with Crippen molar-refractivity contribution in [1.29, 1.82) is 0 Å². The molecule has 0 unspecified atom stereocenters. The molecule has 0 aliphatic carbocycles. The van der Waals surface area contributed by atoms with Crippen molar-refractivity contribution in [1.82, 2.24) is 5.16 Å². The van der Waals surface area contributed by atoms with Gasteiger partial charge in [-0.1, -0.05) is 22.8 Å². The number of rotatable bonds is 2. The average molecular weight is 281 g/mol. The Morgan fingerprint density at radius 1 is 1.31 bits per heavy atom.